The van der Waals surface area contributed by atoms with E-state index in [1.54, 1.807) is 14.0 Å². The number of hydrogen-bond acceptors (Lipinski definition) is 6. The zero-order valence-electron chi connectivity index (χ0n) is 20.0. The van der Waals surface area contributed by atoms with Crippen molar-refractivity contribution in [1.82, 2.24) is 25.4 Å². The van der Waals surface area contributed by atoms with Crippen LogP contribution >= 0.6 is 11.8 Å². The van der Waals surface area contributed by atoms with E-state index in [1.807, 2.05) is 35.8 Å². The maximum atomic E-state index is 12.8. The first-order valence-electron chi connectivity index (χ1n) is 12.3. The molecule has 2 N–H and O–H groups in total. The lowest BCUT2D eigenvalue weighted by Gasteiger charge is -2.56. The summed E-state index contributed by atoms with van der Waals surface area (Å²) in [6.45, 7) is 4.47. The van der Waals surface area contributed by atoms with Crippen LogP contribution in [0, 0.1) is 17.8 Å². The molecule has 0 spiro atoms. The summed E-state index contributed by atoms with van der Waals surface area (Å²) in [5.74, 6) is 3.40. The minimum absolute atomic E-state index is 0.120. The first kappa shape index (κ1) is 23.2. The van der Waals surface area contributed by atoms with Crippen LogP contribution in [0.1, 0.15) is 52.4 Å². The third kappa shape index (κ3) is 4.54. The van der Waals surface area contributed by atoms with Gasteiger partial charge in [-0.1, -0.05) is 11.8 Å². The molecule has 1 heterocycles. The summed E-state index contributed by atoms with van der Waals surface area (Å²) in [5.41, 5.74) is 0.805. The Bertz CT molecular complexity index is 1030. The molecule has 0 unspecified atom stereocenters. The summed E-state index contributed by atoms with van der Waals surface area (Å²) in [7, 11) is 1.63. The largest absolute Gasteiger partial charge is 0.497 e. The van der Waals surface area contributed by atoms with Crippen molar-refractivity contribution in [3.63, 3.8) is 0 Å². The van der Waals surface area contributed by atoms with E-state index in [0.29, 0.717) is 11.7 Å². The van der Waals surface area contributed by atoms with Gasteiger partial charge in [0.15, 0.2) is 11.0 Å². The van der Waals surface area contributed by atoms with Gasteiger partial charge in [0.1, 0.15) is 5.75 Å². The van der Waals surface area contributed by atoms with Crippen LogP contribution in [-0.4, -0.2) is 44.6 Å². The number of amides is 3. The zero-order chi connectivity index (χ0) is 23.9. The summed E-state index contributed by atoms with van der Waals surface area (Å²) < 4.78 is 7.21. The molecule has 3 amide bonds. The van der Waals surface area contributed by atoms with Gasteiger partial charge in [0.05, 0.1) is 12.4 Å². The van der Waals surface area contributed by atoms with E-state index < -0.39 is 5.25 Å². The number of nitrogens with zero attached hydrogens (tertiary/aromatic N) is 3. The highest BCUT2D eigenvalue weighted by Gasteiger charge is 2.51. The van der Waals surface area contributed by atoms with Gasteiger partial charge in [-0.3, -0.25) is 10.1 Å². The molecule has 4 saturated carbocycles. The minimum Gasteiger partial charge on any atom is -0.497 e. The molecule has 1 atom stereocenters. The van der Waals surface area contributed by atoms with Gasteiger partial charge in [-0.05, 0) is 94.4 Å². The first-order valence-corrected chi connectivity index (χ1v) is 13.1. The molecule has 0 aliphatic heterocycles. The Kier molecular flexibility index (Phi) is 6.31. The molecule has 9 heteroatoms. The third-order valence-corrected chi connectivity index (χ3v) is 8.77. The lowest BCUT2D eigenvalue weighted by Crippen LogP contribution is -2.62. The predicted octanol–water partition coefficient (Wildman–Crippen LogP) is 4.25. The van der Waals surface area contributed by atoms with E-state index in [0.717, 1.165) is 54.2 Å². The van der Waals surface area contributed by atoms with Crippen molar-refractivity contribution >= 4 is 23.7 Å². The number of carbonyl (C=O) groups excluding carboxylic acids is 2. The van der Waals surface area contributed by atoms with Gasteiger partial charge in [-0.25, -0.2) is 4.79 Å². The molecule has 4 bridgehead atoms. The lowest BCUT2D eigenvalue weighted by molar-refractivity contribution is -0.119. The fraction of sp³-hybridized carbons (Fsp3) is 0.600. The van der Waals surface area contributed by atoms with E-state index >= 15 is 0 Å². The highest BCUT2D eigenvalue weighted by atomic mass is 32.2. The van der Waals surface area contributed by atoms with E-state index in [4.69, 9.17) is 4.74 Å². The normalized spacial score (nSPS) is 27.9. The number of urea groups is 1. The van der Waals surface area contributed by atoms with Gasteiger partial charge in [-0.15, -0.1) is 10.2 Å². The fourth-order valence-corrected chi connectivity index (χ4v) is 7.49. The second kappa shape index (κ2) is 9.24. The molecule has 2 aromatic rings. The molecule has 4 aliphatic rings. The van der Waals surface area contributed by atoms with Crippen molar-refractivity contribution in [2.45, 2.75) is 74.9 Å². The Hall–Kier alpha value is -2.55. The summed E-state index contributed by atoms with van der Waals surface area (Å²) in [6.07, 6.45) is 7.10. The van der Waals surface area contributed by atoms with E-state index in [1.165, 1.54) is 31.0 Å². The van der Waals surface area contributed by atoms with Gasteiger partial charge >= 0.3 is 6.03 Å². The smallest absolute Gasteiger partial charge is 0.321 e. The Balaban J connectivity index is 1.20. The van der Waals surface area contributed by atoms with E-state index in [9.17, 15) is 9.59 Å². The first-order chi connectivity index (χ1) is 16.4. The fourth-order valence-electron chi connectivity index (χ4n) is 6.58. The van der Waals surface area contributed by atoms with Crippen molar-refractivity contribution in [2.24, 2.45) is 17.8 Å². The highest BCUT2D eigenvalue weighted by Crippen LogP contribution is 2.55. The topological polar surface area (TPSA) is 98.1 Å². The lowest BCUT2D eigenvalue weighted by atomic mass is 9.53. The average molecular weight is 484 g/mol. The Morgan fingerprint density at radius 1 is 1.12 bits per heavy atom. The van der Waals surface area contributed by atoms with Gasteiger partial charge in [0, 0.05) is 17.6 Å². The predicted molar refractivity (Wildman–Crippen MR) is 131 cm³/mol. The second-order valence-electron chi connectivity index (χ2n) is 10.2. The van der Waals surface area contributed by atoms with E-state index in [2.05, 4.69) is 20.8 Å². The maximum Gasteiger partial charge on any atom is 0.321 e. The number of thioether (sulfide) groups is 1. The number of ether oxygens (including phenoxy) is 1. The number of methoxy groups -OCH3 is 1. The summed E-state index contributed by atoms with van der Waals surface area (Å²) in [4.78, 5) is 25.6. The summed E-state index contributed by atoms with van der Waals surface area (Å²) in [5, 5.41) is 14.6. The molecule has 0 radical (unpaired) electrons. The minimum atomic E-state index is -0.486. The van der Waals surface area contributed by atoms with Crippen LogP contribution < -0.4 is 15.4 Å². The van der Waals surface area contributed by atoms with Gasteiger partial charge in [0.2, 0.25) is 5.91 Å². The van der Waals surface area contributed by atoms with Crippen molar-refractivity contribution in [2.75, 3.05) is 7.11 Å². The van der Waals surface area contributed by atoms with Crippen molar-refractivity contribution in [3.8, 4) is 17.1 Å². The molecule has 8 nitrogen and oxygen atoms in total. The SMILES string of the molecule is CCn1c(S[C@H](C)C(=O)NC(=O)NC23CC4CC(CC(C4)C2)C3)nnc1-c1ccc(OC)cc1. The van der Waals surface area contributed by atoms with Crippen LogP contribution in [0.5, 0.6) is 5.75 Å². The number of rotatable bonds is 7. The molecule has 1 aromatic heterocycles. The van der Waals surface area contributed by atoms with E-state index in [-0.39, 0.29) is 17.5 Å². The van der Waals surface area contributed by atoms with Crippen LogP contribution in [0.4, 0.5) is 4.79 Å². The summed E-state index contributed by atoms with van der Waals surface area (Å²) in [6, 6.07) is 7.28. The molecule has 4 fully saturated rings. The average Bonchev–Trinajstić information content (AvgIpc) is 3.20. The maximum absolute atomic E-state index is 12.8. The molecule has 1 aromatic carbocycles. The number of benzene rings is 1. The number of aromatic nitrogens is 3. The second-order valence-corrected chi connectivity index (χ2v) is 11.5. The van der Waals surface area contributed by atoms with Crippen LogP contribution in [0.25, 0.3) is 11.4 Å². The van der Waals surface area contributed by atoms with Crippen molar-refractivity contribution in [3.05, 3.63) is 24.3 Å². The number of imide groups is 1. The van der Waals surface area contributed by atoms with Crippen LogP contribution in [0.3, 0.4) is 0 Å². The highest BCUT2D eigenvalue weighted by molar-refractivity contribution is 8.00. The van der Waals surface area contributed by atoms with Crippen LogP contribution in [0.15, 0.2) is 29.4 Å². The summed E-state index contributed by atoms with van der Waals surface area (Å²) >= 11 is 1.31. The molecule has 182 valence electrons. The number of hydrogen-bond donors (Lipinski definition) is 2. The standard InChI is InChI=1S/C25H33N5O3S/c1-4-30-21(19-5-7-20(33-3)8-6-19)28-29-24(30)34-15(2)22(31)26-23(32)27-25-12-16-9-17(13-25)11-18(10-16)14-25/h5-8,15-18H,4,9-14H2,1-3H3,(H2,26,27,31,32)/t15-,16?,17?,18?,25?/m1/s1. The molecular weight excluding hydrogens is 450 g/mol. The quantitative estimate of drug-likeness (QED) is 0.572. The van der Waals surface area contributed by atoms with Gasteiger partial charge in [-0.2, -0.15) is 0 Å². The molecule has 0 saturated heterocycles. The number of carbonyl (C=O) groups is 2. The Morgan fingerprint density at radius 2 is 1.74 bits per heavy atom. The molecule has 34 heavy (non-hydrogen) atoms. The van der Waals surface area contributed by atoms with Crippen molar-refractivity contribution < 1.29 is 14.3 Å². The van der Waals surface area contributed by atoms with Gasteiger partial charge in [0.25, 0.3) is 0 Å². The molecule has 6 rings (SSSR count). The monoisotopic (exact) mass is 483 g/mol. The zero-order valence-corrected chi connectivity index (χ0v) is 20.9. The molecular formula is C25H33N5O3S. The Morgan fingerprint density at radius 3 is 2.29 bits per heavy atom. The van der Waals surface area contributed by atoms with Crippen LogP contribution in [0.2, 0.25) is 0 Å². The third-order valence-electron chi connectivity index (χ3n) is 7.69. The van der Waals surface area contributed by atoms with Crippen LogP contribution in [-0.2, 0) is 11.3 Å². The van der Waals surface area contributed by atoms with Gasteiger partial charge < -0.3 is 14.6 Å². The number of nitrogens with one attached hydrogen (secondary N) is 2. The van der Waals surface area contributed by atoms with Crippen molar-refractivity contribution in [1.29, 1.82) is 0 Å². The molecule has 4 aliphatic carbocycles. The Labute approximate surface area is 204 Å².